The third-order valence-electron chi connectivity index (χ3n) is 6.29. The summed E-state index contributed by atoms with van der Waals surface area (Å²) in [5, 5.41) is 3.93. The predicted molar refractivity (Wildman–Crippen MR) is 97.3 cm³/mol. The SMILES string of the molecule is Cc1cc(N2C(=O)[C@H]3C4c5ccccc5C(c5ccccc54)[C@@H]3C2=O)no1. The summed E-state index contributed by atoms with van der Waals surface area (Å²) in [4.78, 5) is 28.0. The highest BCUT2D eigenvalue weighted by Crippen LogP contribution is 2.61. The van der Waals surface area contributed by atoms with Crippen molar-refractivity contribution in [1.82, 2.24) is 5.16 Å². The molecule has 0 saturated carbocycles. The number of carbonyl (C=O) groups is 2. The van der Waals surface area contributed by atoms with E-state index in [9.17, 15) is 9.59 Å². The van der Waals surface area contributed by atoms with Gasteiger partial charge in [0.05, 0.1) is 11.8 Å². The smallest absolute Gasteiger partial charge is 0.239 e. The van der Waals surface area contributed by atoms with Gasteiger partial charge in [-0.1, -0.05) is 53.7 Å². The number of benzene rings is 2. The van der Waals surface area contributed by atoms with Crippen LogP contribution in [-0.2, 0) is 9.59 Å². The number of hydrogen-bond acceptors (Lipinski definition) is 4. The minimum atomic E-state index is -0.385. The van der Waals surface area contributed by atoms with E-state index >= 15 is 0 Å². The highest BCUT2D eigenvalue weighted by atomic mass is 16.5. The van der Waals surface area contributed by atoms with E-state index in [0.29, 0.717) is 11.6 Å². The molecule has 3 aliphatic carbocycles. The molecule has 2 atom stereocenters. The lowest BCUT2D eigenvalue weighted by Crippen LogP contribution is -2.41. The van der Waals surface area contributed by atoms with E-state index in [-0.39, 0.29) is 35.5 Å². The highest BCUT2D eigenvalue weighted by Gasteiger charge is 2.62. The van der Waals surface area contributed by atoms with Gasteiger partial charge in [-0.3, -0.25) is 9.59 Å². The molecule has 0 unspecified atom stereocenters. The molecule has 2 bridgehead atoms. The maximum absolute atomic E-state index is 13.4. The van der Waals surface area contributed by atoms with Crippen LogP contribution in [0.15, 0.2) is 59.1 Å². The van der Waals surface area contributed by atoms with Gasteiger partial charge >= 0.3 is 0 Å². The quantitative estimate of drug-likeness (QED) is 0.627. The van der Waals surface area contributed by atoms with E-state index in [0.717, 1.165) is 0 Å². The van der Waals surface area contributed by atoms with Gasteiger partial charge in [0.25, 0.3) is 0 Å². The number of anilines is 1. The second-order valence-electron chi connectivity index (χ2n) is 7.57. The van der Waals surface area contributed by atoms with Gasteiger partial charge in [0.1, 0.15) is 5.76 Å². The van der Waals surface area contributed by atoms with Gasteiger partial charge in [0.2, 0.25) is 11.8 Å². The molecule has 0 spiro atoms. The molecule has 7 rings (SSSR count). The fourth-order valence-corrected chi connectivity index (χ4v) is 5.36. The van der Waals surface area contributed by atoms with E-state index in [2.05, 4.69) is 29.4 Å². The van der Waals surface area contributed by atoms with Gasteiger partial charge < -0.3 is 4.52 Å². The Labute approximate surface area is 155 Å². The summed E-state index contributed by atoms with van der Waals surface area (Å²) in [5.74, 6) is -0.425. The monoisotopic (exact) mass is 356 g/mol. The van der Waals surface area contributed by atoms with Gasteiger partial charge in [-0.15, -0.1) is 0 Å². The normalized spacial score (nSPS) is 27.5. The Morgan fingerprint density at radius 1 is 0.815 bits per heavy atom. The first-order valence-electron chi connectivity index (χ1n) is 9.15. The summed E-state index contributed by atoms with van der Waals surface area (Å²) in [5.41, 5.74) is 4.67. The zero-order valence-electron chi connectivity index (χ0n) is 14.6. The third-order valence-corrected chi connectivity index (χ3v) is 6.29. The Bertz CT molecular complexity index is 1020. The zero-order chi connectivity index (χ0) is 18.3. The number of hydrogen-bond donors (Lipinski definition) is 0. The summed E-state index contributed by atoms with van der Waals surface area (Å²) in [7, 11) is 0. The second-order valence-corrected chi connectivity index (χ2v) is 7.57. The van der Waals surface area contributed by atoms with Crippen molar-refractivity contribution in [2.45, 2.75) is 18.8 Å². The molecule has 1 fully saturated rings. The molecule has 0 radical (unpaired) electrons. The Morgan fingerprint density at radius 2 is 1.26 bits per heavy atom. The fourth-order valence-electron chi connectivity index (χ4n) is 5.36. The lowest BCUT2D eigenvalue weighted by molar-refractivity contribution is -0.122. The van der Waals surface area contributed by atoms with Gasteiger partial charge in [0, 0.05) is 17.9 Å². The van der Waals surface area contributed by atoms with Crippen molar-refractivity contribution >= 4 is 17.6 Å². The van der Waals surface area contributed by atoms with Crippen LogP contribution in [0.1, 0.15) is 39.8 Å². The van der Waals surface area contributed by atoms with Crippen molar-refractivity contribution in [3.8, 4) is 0 Å². The molecule has 5 nitrogen and oxygen atoms in total. The van der Waals surface area contributed by atoms with Crippen LogP contribution < -0.4 is 4.90 Å². The van der Waals surface area contributed by atoms with Crippen LogP contribution in [0.25, 0.3) is 0 Å². The minimum Gasteiger partial charge on any atom is -0.360 e. The molecule has 4 aliphatic rings. The summed E-state index contributed by atoms with van der Waals surface area (Å²) < 4.78 is 5.12. The molecule has 2 amide bonds. The summed E-state index contributed by atoms with van der Waals surface area (Å²) >= 11 is 0. The Hall–Kier alpha value is -3.21. The van der Waals surface area contributed by atoms with E-state index in [1.807, 2.05) is 24.3 Å². The molecule has 27 heavy (non-hydrogen) atoms. The zero-order valence-corrected chi connectivity index (χ0v) is 14.6. The van der Waals surface area contributed by atoms with Crippen molar-refractivity contribution in [3.63, 3.8) is 0 Å². The van der Waals surface area contributed by atoms with Gasteiger partial charge in [-0.2, -0.15) is 0 Å². The standard InChI is InChI=1S/C22H16N2O3/c1-11-10-16(23-27-11)24-21(25)19-17-12-6-2-3-7-13(12)18(20(19)22(24)26)15-9-5-4-8-14(15)17/h2-10,17-20H,1H3/t17?,18?,19-,20-/m0/s1. The third kappa shape index (κ3) is 1.71. The molecule has 1 saturated heterocycles. The first kappa shape index (κ1) is 14.9. The average molecular weight is 356 g/mol. The van der Waals surface area contributed by atoms with E-state index in [1.165, 1.54) is 27.2 Å². The van der Waals surface area contributed by atoms with Crippen molar-refractivity contribution in [2.24, 2.45) is 11.8 Å². The Kier molecular flexibility index (Phi) is 2.73. The number of aromatic nitrogens is 1. The first-order valence-corrected chi connectivity index (χ1v) is 9.15. The van der Waals surface area contributed by atoms with Crippen LogP contribution in [0.4, 0.5) is 5.82 Å². The van der Waals surface area contributed by atoms with Crippen LogP contribution in [-0.4, -0.2) is 17.0 Å². The molecular formula is C22H16N2O3. The molecule has 2 heterocycles. The van der Waals surface area contributed by atoms with E-state index < -0.39 is 0 Å². The number of nitrogens with zero attached hydrogens (tertiary/aromatic N) is 2. The lowest BCUT2D eigenvalue weighted by Gasteiger charge is -2.45. The molecule has 132 valence electrons. The van der Waals surface area contributed by atoms with Crippen molar-refractivity contribution in [1.29, 1.82) is 0 Å². The van der Waals surface area contributed by atoms with E-state index in [4.69, 9.17) is 4.52 Å². The number of aryl methyl sites for hydroxylation is 1. The summed E-state index contributed by atoms with van der Waals surface area (Å²) in [6.45, 7) is 1.75. The number of imide groups is 1. The molecule has 1 aliphatic heterocycles. The molecule has 2 aromatic carbocycles. The van der Waals surface area contributed by atoms with Crippen LogP contribution in [0.5, 0.6) is 0 Å². The van der Waals surface area contributed by atoms with Gasteiger partial charge in [-0.25, -0.2) is 4.90 Å². The molecule has 0 N–H and O–H groups in total. The highest BCUT2D eigenvalue weighted by molar-refractivity contribution is 6.23. The number of amides is 2. The maximum atomic E-state index is 13.4. The maximum Gasteiger partial charge on any atom is 0.239 e. The molecule has 3 aromatic rings. The van der Waals surface area contributed by atoms with Gasteiger partial charge in [0.15, 0.2) is 5.82 Å². The van der Waals surface area contributed by atoms with Gasteiger partial charge in [-0.05, 0) is 29.2 Å². The topological polar surface area (TPSA) is 63.4 Å². The Balaban J connectivity index is 1.59. The number of carbonyl (C=O) groups excluding carboxylic acids is 2. The number of rotatable bonds is 1. The second kappa shape index (κ2) is 4.94. The summed E-state index contributed by atoms with van der Waals surface area (Å²) in [6, 6.07) is 18.1. The molecule has 1 aromatic heterocycles. The van der Waals surface area contributed by atoms with Crippen LogP contribution >= 0.6 is 0 Å². The van der Waals surface area contributed by atoms with Crippen molar-refractivity contribution in [3.05, 3.63) is 82.6 Å². The molecule has 5 heteroatoms. The predicted octanol–water partition coefficient (Wildman–Crippen LogP) is 3.38. The molecular weight excluding hydrogens is 340 g/mol. The van der Waals surface area contributed by atoms with Crippen molar-refractivity contribution in [2.75, 3.05) is 4.90 Å². The average Bonchev–Trinajstić information content (AvgIpc) is 3.23. The minimum absolute atomic E-state index is 0.0955. The van der Waals surface area contributed by atoms with Crippen LogP contribution in [0, 0.1) is 18.8 Å². The first-order chi connectivity index (χ1) is 13.2. The van der Waals surface area contributed by atoms with E-state index in [1.54, 1.807) is 13.0 Å². The summed E-state index contributed by atoms with van der Waals surface area (Å²) in [6.07, 6.45) is 0. The van der Waals surface area contributed by atoms with Crippen LogP contribution in [0.2, 0.25) is 0 Å². The Morgan fingerprint density at radius 3 is 1.63 bits per heavy atom. The van der Waals surface area contributed by atoms with Crippen LogP contribution in [0.3, 0.4) is 0 Å². The lowest BCUT2D eigenvalue weighted by atomic mass is 9.55. The largest absolute Gasteiger partial charge is 0.360 e. The fraction of sp³-hybridized carbons (Fsp3) is 0.227. The van der Waals surface area contributed by atoms with Crippen molar-refractivity contribution < 1.29 is 14.1 Å².